The third-order valence-electron chi connectivity index (χ3n) is 2.24. The minimum Gasteiger partial charge on any atom is -0.405 e. The van der Waals surface area contributed by atoms with Gasteiger partial charge in [0.15, 0.2) is 12.0 Å². The number of hydrogen-bond donors (Lipinski definition) is 0. The van der Waals surface area contributed by atoms with Gasteiger partial charge < -0.3 is 9.57 Å². The zero-order valence-corrected chi connectivity index (χ0v) is 8.39. The highest BCUT2D eigenvalue weighted by Gasteiger charge is 2.13. The van der Waals surface area contributed by atoms with E-state index < -0.39 is 0 Å². The Morgan fingerprint density at radius 3 is 2.73 bits per heavy atom. The molecule has 4 heteroatoms. The van der Waals surface area contributed by atoms with Crippen molar-refractivity contribution < 1.29 is 14.4 Å². The first-order valence-corrected chi connectivity index (χ1v) is 4.95. The van der Waals surface area contributed by atoms with Crippen molar-refractivity contribution in [3.8, 4) is 5.75 Å². The second-order valence-electron chi connectivity index (χ2n) is 3.29. The fourth-order valence-electron chi connectivity index (χ4n) is 1.44. The zero-order chi connectivity index (χ0) is 10.5. The number of carbonyl (C=O) groups is 1. The molecule has 0 radical (unpaired) electrons. The van der Waals surface area contributed by atoms with Crippen LogP contribution in [-0.4, -0.2) is 37.7 Å². The normalized spacial score (nSPS) is 17.3. The van der Waals surface area contributed by atoms with Gasteiger partial charge in [-0.3, -0.25) is 4.79 Å². The van der Waals surface area contributed by atoms with Gasteiger partial charge in [0, 0.05) is 0 Å². The average Bonchev–Trinajstić information content (AvgIpc) is 2.31. The summed E-state index contributed by atoms with van der Waals surface area (Å²) in [6.45, 7) is 2.80. The molecule has 0 bridgehead atoms. The van der Waals surface area contributed by atoms with E-state index in [1.54, 1.807) is 12.1 Å². The van der Waals surface area contributed by atoms with Crippen LogP contribution in [0.25, 0.3) is 0 Å². The van der Waals surface area contributed by atoms with E-state index in [4.69, 9.17) is 9.57 Å². The Balaban J connectivity index is 2.05. The highest BCUT2D eigenvalue weighted by molar-refractivity contribution is 5.79. The van der Waals surface area contributed by atoms with Gasteiger partial charge in [-0.2, -0.15) is 0 Å². The first-order valence-electron chi connectivity index (χ1n) is 4.95. The number of nitrogens with zero attached hydrogens (tertiary/aromatic N) is 1. The van der Waals surface area contributed by atoms with E-state index in [0.29, 0.717) is 24.5 Å². The molecule has 0 atom stereocenters. The van der Waals surface area contributed by atoms with Crippen LogP contribution in [0.4, 0.5) is 0 Å². The Hall–Kier alpha value is -1.39. The first-order chi connectivity index (χ1) is 7.40. The maximum absolute atomic E-state index is 10.7. The van der Waals surface area contributed by atoms with Crippen molar-refractivity contribution in [2.24, 2.45) is 0 Å². The molecule has 1 aliphatic heterocycles. The van der Waals surface area contributed by atoms with Crippen molar-refractivity contribution in [1.82, 2.24) is 5.06 Å². The number of rotatable bonds is 3. The van der Waals surface area contributed by atoms with Crippen molar-refractivity contribution in [3.63, 3.8) is 0 Å². The molecule has 0 amide bonds. The molecule has 1 saturated heterocycles. The Kier molecular flexibility index (Phi) is 3.32. The highest BCUT2D eigenvalue weighted by atomic mass is 16.7. The SMILES string of the molecule is O=Cc1ccccc1ON1CCOCC1. The van der Waals surface area contributed by atoms with Crippen LogP contribution in [0, 0.1) is 0 Å². The molecule has 4 nitrogen and oxygen atoms in total. The van der Waals surface area contributed by atoms with Gasteiger partial charge in [0.25, 0.3) is 0 Å². The van der Waals surface area contributed by atoms with Crippen molar-refractivity contribution >= 4 is 6.29 Å². The number of hydrogen-bond acceptors (Lipinski definition) is 4. The van der Waals surface area contributed by atoms with Crippen LogP contribution in [0.2, 0.25) is 0 Å². The van der Waals surface area contributed by atoms with E-state index in [-0.39, 0.29) is 0 Å². The van der Waals surface area contributed by atoms with Gasteiger partial charge in [-0.25, -0.2) is 0 Å². The van der Waals surface area contributed by atoms with E-state index in [9.17, 15) is 4.79 Å². The van der Waals surface area contributed by atoms with Crippen LogP contribution in [0.15, 0.2) is 24.3 Å². The zero-order valence-electron chi connectivity index (χ0n) is 8.39. The number of benzene rings is 1. The van der Waals surface area contributed by atoms with Gasteiger partial charge in [-0.15, -0.1) is 5.06 Å². The standard InChI is InChI=1S/C11H13NO3/c13-9-10-3-1-2-4-11(10)15-12-5-7-14-8-6-12/h1-4,9H,5-8H2. The Bertz CT molecular complexity index is 334. The van der Waals surface area contributed by atoms with Crippen LogP contribution >= 0.6 is 0 Å². The predicted octanol–water partition coefficient (Wildman–Crippen LogP) is 1.13. The minimum atomic E-state index is 0.573. The molecule has 0 unspecified atom stereocenters. The summed E-state index contributed by atoms with van der Waals surface area (Å²) in [5, 5.41) is 1.81. The summed E-state index contributed by atoms with van der Waals surface area (Å²) in [6, 6.07) is 7.20. The van der Waals surface area contributed by atoms with Gasteiger partial charge >= 0.3 is 0 Å². The minimum absolute atomic E-state index is 0.573. The maximum Gasteiger partial charge on any atom is 0.157 e. The summed E-state index contributed by atoms with van der Waals surface area (Å²) in [5.74, 6) is 0.606. The summed E-state index contributed by atoms with van der Waals surface area (Å²) in [7, 11) is 0. The van der Waals surface area contributed by atoms with E-state index >= 15 is 0 Å². The molecular weight excluding hydrogens is 194 g/mol. The van der Waals surface area contributed by atoms with Crippen molar-refractivity contribution in [2.45, 2.75) is 0 Å². The predicted molar refractivity (Wildman–Crippen MR) is 54.8 cm³/mol. The summed E-state index contributed by atoms with van der Waals surface area (Å²) >= 11 is 0. The first kappa shape index (κ1) is 10.1. The Morgan fingerprint density at radius 1 is 1.27 bits per heavy atom. The summed E-state index contributed by atoms with van der Waals surface area (Å²) < 4.78 is 5.20. The lowest BCUT2D eigenvalue weighted by Gasteiger charge is -2.26. The van der Waals surface area contributed by atoms with Gasteiger partial charge in [0.05, 0.1) is 31.9 Å². The third kappa shape index (κ3) is 2.55. The van der Waals surface area contributed by atoms with Crippen molar-refractivity contribution in [3.05, 3.63) is 29.8 Å². The smallest absolute Gasteiger partial charge is 0.157 e. The topological polar surface area (TPSA) is 38.8 Å². The molecule has 0 aliphatic carbocycles. The number of para-hydroxylation sites is 1. The van der Waals surface area contributed by atoms with Crippen LogP contribution in [0.3, 0.4) is 0 Å². The fourth-order valence-corrected chi connectivity index (χ4v) is 1.44. The van der Waals surface area contributed by atoms with Gasteiger partial charge in [0.1, 0.15) is 0 Å². The second kappa shape index (κ2) is 4.91. The summed E-state index contributed by atoms with van der Waals surface area (Å²) in [6.07, 6.45) is 0.801. The second-order valence-corrected chi connectivity index (χ2v) is 3.29. The quantitative estimate of drug-likeness (QED) is 0.696. The van der Waals surface area contributed by atoms with Crippen LogP contribution in [0.1, 0.15) is 10.4 Å². The van der Waals surface area contributed by atoms with E-state index in [0.717, 1.165) is 19.4 Å². The molecule has 1 aromatic rings. The molecule has 1 aliphatic rings. The molecule has 15 heavy (non-hydrogen) atoms. The molecule has 0 aromatic heterocycles. The van der Waals surface area contributed by atoms with E-state index in [1.165, 1.54) is 0 Å². The lowest BCUT2D eigenvalue weighted by Crippen LogP contribution is -2.38. The van der Waals surface area contributed by atoms with Crippen molar-refractivity contribution in [1.29, 1.82) is 0 Å². The molecular formula is C11H13NO3. The number of aldehydes is 1. The molecule has 0 spiro atoms. The maximum atomic E-state index is 10.7. The Labute approximate surface area is 88.4 Å². The average molecular weight is 207 g/mol. The van der Waals surface area contributed by atoms with E-state index in [1.807, 2.05) is 17.2 Å². The van der Waals surface area contributed by atoms with Crippen LogP contribution in [0.5, 0.6) is 5.75 Å². The molecule has 1 heterocycles. The summed E-state index contributed by atoms with van der Waals surface area (Å²) in [4.78, 5) is 16.3. The fraction of sp³-hybridized carbons (Fsp3) is 0.364. The van der Waals surface area contributed by atoms with Gasteiger partial charge in [-0.05, 0) is 12.1 Å². The third-order valence-corrected chi connectivity index (χ3v) is 2.24. The van der Waals surface area contributed by atoms with Crippen LogP contribution in [-0.2, 0) is 4.74 Å². The van der Waals surface area contributed by atoms with Gasteiger partial charge in [0.2, 0.25) is 0 Å². The number of morpholine rings is 1. The number of carbonyl (C=O) groups excluding carboxylic acids is 1. The van der Waals surface area contributed by atoms with Crippen LogP contribution < -0.4 is 4.84 Å². The van der Waals surface area contributed by atoms with Crippen molar-refractivity contribution in [2.75, 3.05) is 26.3 Å². The van der Waals surface area contributed by atoms with E-state index in [2.05, 4.69) is 0 Å². The number of hydroxylamine groups is 2. The molecule has 80 valence electrons. The number of ether oxygens (including phenoxy) is 1. The summed E-state index contributed by atoms with van der Waals surface area (Å²) in [5.41, 5.74) is 0.573. The lowest BCUT2D eigenvalue weighted by molar-refractivity contribution is -0.118. The molecule has 0 saturated carbocycles. The molecule has 1 fully saturated rings. The highest BCUT2D eigenvalue weighted by Crippen LogP contribution is 2.17. The Morgan fingerprint density at radius 2 is 2.00 bits per heavy atom. The molecule has 2 rings (SSSR count). The largest absolute Gasteiger partial charge is 0.405 e. The molecule has 1 aromatic carbocycles. The lowest BCUT2D eigenvalue weighted by atomic mass is 10.2. The molecule has 0 N–H and O–H groups in total. The van der Waals surface area contributed by atoms with Gasteiger partial charge in [-0.1, -0.05) is 12.1 Å². The monoisotopic (exact) mass is 207 g/mol.